The summed E-state index contributed by atoms with van der Waals surface area (Å²) < 4.78 is 5.25. The lowest BCUT2D eigenvalue weighted by molar-refractivity contribution is 0.218. The molecule has 0 radical (unpaired) electrons. The van der Waals surface area contributed by atoms with Crippen LogP contribution in [0.2, 0.25) is 0 Å². The Morgan fingerprint density at radius 1 is 1.05 bits per heavy atom. The quantitative estimate of drug-likeness (QED) is 0.435. The van der Waals surface area contributed by atoms with Gasteiger partial charge in [-0.2, -0.15) is 24.4 Å². The zero-order valence-corrected chi connectivity index (χ0v) is 16.1. The van der Waals surface area contributed by atoms with Crippen molar-refractivity contribution in [1.29, 1.82) is 0 Å². The highest BCUT2D eigenvalue weighted by Crippen LogP contribution is 2.27. The predicted octanol–water partition coefficient (Wildman–Crippen LogP) is 4.38. The van der Waals surface area contributed by atoms with Crippen LogP contribution >= 0.6 is 24.4 Å². The highest BCUT2D eigenvalue weighted by Gasteiger charge is 2.18. The molecule has 0 amide bonds. The van der Waals surface area contributed by atoms with Crippen LogP contribution in [0.1, 0.15) is 27.7 Å². The van der Waals surface area contributed by atoms with Crippen molar-refractivity contribution in [3.05, 3.63) is 24.3 Å². The molecular formula is C17H30N2OS2. The maximum atomic E-state index is 5.12. The number of thioether (sulfide) groups is 1. The van der Waals surface area contributed by atoms with Gasteiger partial charge in [0.15, 0.2) is 0 Å². The van der Waals surface area contributed by atoms with Crippen molar-refractivity contribution in [3.8, 4) is 0 Å². The van der Waals surface area contributed by atoms with Crippen molar-refractivity contribution in [2.45, 2.75) is 37.2 Å². The molecule has 0 saturated heterocycles. The van der Waals surface area contributed by atoms with Gasteiger partial charge in [0, 0.05) is 35.4 Å². The van der Waals surface area contributed by atoms with Crippen LogP contribution in [-0.2, 0) is 4.74 Å². The van der Waals surface area contributed by atoms with Crippen molar-refractivity contribution >= 4 is 35.8 Å². The summed E-state index contributed by atoms with van der Waals surface area (Å²) in [5, 5.41) is 7.04. The van der Waals surface area contributed by atoms with Gasteiger partial charge in [-0.3, -0.25) is 0 Å². The Kier molecular flexibility index (Phi) is 7.94. The molecule has 0 bridgehead atoms. The van der Waals surface area contributed by atoms with E-state index in [-0.39, 0.29) is 9.49 Å². The van der Waals surface area contributed by atoms with Gasteiger partial charge in [0.1, 0.15) is 0 Å². The number of rotatable bonds is 10. The molecule has 3 nitrogen and oxygen atoms in total. The largest absolute Gasteiger partial charge is 0.384 e. The molecule has 0 aliphatic rings. The summed E-state index contributed by atoms with van der Waals surface area (Å²) >= 11 is 6.49. The van der Waals surface area contributed by atoms with Gasteiger partial charge in [0.25, 0.3) is 0 Å². The molecule has 0 atom stereocenters. The van der Waals surface area contributed by atoms with E-state index >= 15 is 0 Å². The van der Waals surface area contributed by atoms with Crippen molar-refractivity contribution in [2.75, 3.05) is 43.2 Å². The number of methoxy groups -OCH3 is 1. The van der Waals surface area contributed by atoms with E-state index in [0.717, 1.165) is 36.8 Å². The Bertz CT molecular complexity index is 445. The molecule has 0 aromatic heterocycles. The molecule has 22 heavy (non-hydrogen) atoms. The summed E-state index contributed by atoms with van der Waals surface area (Å²) in [6.07, 6.45) is 0. The number of ether oxygens (including phenoxy) is 1. The fourth-order valence-electron chi connectivity index (χ4n) is 1.86. The molecule has 0 fully saturated rings. The molecule has 1 rings (SSSR count). The van der Waals surface area contributed by atoms with Crippen LogP contribution in [0.3, 0.4) is 0 Å². The summed E-state index contributed by atoms with van der Waals surface area (Å²) in [4.78, 5) is 0. The Hall–Kier alpha value is -0.520. The van der Waals surface area contributed by atoms with E-state index in [1.54, 1.807) is 7.11 Å². The van der Waals surface area contributed by atoms with Gasteiger partial charge in [-0.1, -0.05) is 12.1 Å². The van der Waals surface area contributed by atoms with Crippen LogP contribution in [0.5, 0.6) is 0 Å². The molecule has 0 aliphatic heterocycles. The number of nitrogens with one attached hydrogen (secondary N) is 2. The number of hydrogen-bond acceptors (Lipinski definition) is 5. The summed E-state index contributed by atoms with van der Waals surface area (Å²) in [5.74, 6) is 1.01. The Morgan fingerprint density at radius 2 is 1.59 bits per heavy atom. The first-order valence-electron chi connectivity index (χ1n) is 7.65. The molecule has 0 spiro atoms. The van der Waals surface area contributed by atoms with Gasteiger partial charge >= 0.3 is 0 Å². The minimum absolute atomic E-state index is 0.0393. The van der Waals surface area contributed by atoms with E-state index in [4.69, 9.17) is 4.74 Å². The topological polar surface area (TPSA) is 33.3 Å². The Morgan fingerprint density at radius 3 is 2.09 bits per heavy atom. The van der Waals surface area contributed by atoms with E-state index in [0.29, 0.717) is 0 Å². The van der Waals surface area contributed by atoms with Crippen molar-refractivity contribution in [3.63, 3.8) is 0 Å². The standard InChI is InChI=1S/C17H30N2OS2/c1-16(2,21)12-18-14-8-6-7-9-15(14)19-13-17(3,4)22-11-10-20-5/h6-9,18-19,21H,10-13H2,1-5H3. The van der Waals surface area contributed by atoms with E-state index in [2.05, 4.69) is 75.2 Å². The van der Waals surface area contributed by atoms with Crippen molar-refractivity contribution < 1.29 is 4.74 Å². The minimum atomic E-state index is -0.0393. The zero-order chi connectivity index (χ0) is 16.6. The SMILES string of the molecule is COCCSC(C)(C)CNc1ccccc1NCC(C)(C)S. The first-order valence-corrected chi connectivity index (χ1v) is 9.09. The average molecular weight is 343 g/mol. The smallest absolute Gasteiger partial charge is 0.0576 e. The summed E-state index contributed by atoms with van der Waals surface area (Å²) in [6, 6.07) is 8.33. The summed E-state index contributed by atoms with van der Waals surface area (Å²) in [7, 11) is 1.75. The van der Waals surface area contributed by atoms with Crippen LogP contribution in [0.25, 0.3) is 0 Å². The number of para-hydroxylation sites is 2. The average Bonchev–Trinajstić information content (AvgIpc) is 2.43. The van der Waals surface area contributed by atoms with Crippen LogP contribution in [0.15, 0.2) is 24.3 Å². The third kappa shape index (κ3) is 8.20. The molecule has 1 aromatic rings. The molecule has 1 aromatic carbocycles. The fraction of sp³-hybridized carbons (Fsp3) is 0.647. The second-order valence-corrected chi connectivity index (χ2v) is 9.68. The maximum absolute atomic E-state index is 5.12. The lowest BCUT2D eigenvalue weighted by Crippen LogP contribution is -2.28. The minimum Gasteiger partial charge on any atom is -0.384 e. The molecular weight excluding hydrogens is 312 g/mol. The number of hydrogen-bond donors (Lipinski definition) is 3. The van der Waals surface area contributed by atoms with Crippen LogP contribution in [-0.4, -0.2) is 42.1 Å². The molecule has 0 saturated carbocycles. The van der Waals surface area contributed by atoms with Gasteiger partial charge in [-0.25, -0.2) is 0 Å². The number of anilines is 2. The second kappa shape index (κ2) is 8.94. The van der Waals surface area contributed by atoms with Crippen LogP contribution in [0, 0.1) is 0 Å². The Balaban J connectivity index is 2.58. The van der Waals surface area contributed by atoms with Crippen LogP contribution < -0.4 is 10.6 Å². The predicted molar refractivity (Wildman–Crippen MR) is 105 cm³/mol. The van der Waals surface area contributed by atoms with E-state index in [9.17, 15) is 0 Å². The van der Waals surface area contributed by atoms with Gasteiger partial charge < -0.3 is 15.4 Å². The number of benzene rings is 1. The summed E-state index contributed by atoms with van der Waals surface area (Å²) in [5.41, 5.74) is 2.27. The second-order valence-electron chi connectivity index (χ2n) is 6.67. The first kappa shape index (κ1) is 19.5. The van der Waals surface area contributed by atoms with Gasteiger partial charge in [-0.05, 0) is 39.8 Å². The van der Waals surface area contributed by atoms with E-state index in [1.165, 1.54) is 0 Å². The first-order chi connectivity index (χ1) is 10.2. The monoisotopic (exact) mass is 342 g/mol. The molecule has 0 aliphatic carbocycles. The van der Waals surface area contributed by atoms with Gasteiger partial charge in [0.2, 0.25) is 0 Å². The maximum Gasteiger partial charge on any atom is 0.0576 e. The third-order valence-electron chi connectivity index (χ3n) is 3.12. The molecule has 2 N–H and O–H groups in total. The van der Waals surface area contributed by atoms with Crippen LogP contribution in [0.4, 0.5) is 11.4 Å². The normalized spacial score (nSPS) is 12.3. The molecule has 0 heterocycles. The van der Waals surface area contributed by atoms with Crippen molar-refractivity contribution in [1.82, 2.24) is 0 Å². The lowest BCUT2D eigenvalue weighted by atomic mass is 10.1. The molecule has 0 unspecified atom stereocenters. The highest BCUT2D eigenvalue weighted by atomic mass is 32.2. The molecule has 126 valence electrons. The molecule has 5 heteroatoms. The van der Waals surface area contributed by atoms with E-state index in [1.807, 2.05) is 11.8 Å². The van der Waals surface area contributed by atoms with Gasteiger partial charge in [0.05, 0.1) is 18.0 Å². The van der Waals surface area contributed by atoms with Gasteiger partial charge in [-0.15, -0.1) is 0 Å². The fourth-order valence-corrected chi connectivity index (χ4v) is 2.92. The lowest BCUT2D eigenvalue weighted by Gasteiger charge is -2.26. The summed E-state index contributed by atoms with van der Waals surface area (Å²) in [6.45, 7) is 11.2. The zero-order valence-electron chi connectivity index (χ0n) is 14.4. The van der Waals surface area contributed by atoms with Crippen molar-refractivity contribution in [2.24, 2.45) is 0 Å². The number of thiol groups is 1. The van der Waals surface area contributed by atoms with E-state index < -0.39 is 0 Å². The Labute approximate surface area is 145 Å². The highest BCUT2D eigenvalue weighted by molar-refractivity contribution is 8.00. The third-order valence-corrected chi connectivity index (χ3v) is 4.58.